The first-order valence-corrected chi connectivity index (χ1v) is 5.99. The quantitative estimate of drug-likeness (QED) is 0.432. The van der Waals surface area contributed by atoms with Gasteiger partial charge in [0.1, 0.15) is 6.04 Å². The van der Waals surface area contributed by atoms with Crippen LogP contribution in [0, 0.1) is 0 Å². The fourth-order valence-electron chi connectivity index (χ4n) is 1.60. The molecule has 1 unspecified atom stereocenters. The van der Waals surface area contributed by atoms with Gasteiger partial charge in [0.2, 0.25) is 5.91 Å². The zero-order valence-corrected chi connectivity index (χ0v) is 11.3. The summed E-state index contributed by atoms with van der Waals surface area (Å²) < 4.78 is 4.48. The topological polar surface area (TPSA) is 122 Å². The Hall–Kier alpha value is -2.28. The molecule has 0 saturated carbocycles. The Labute approximate surface area is 116 Å². The van der Waals surface area contributed by atoms with E-state index in [9.17, 15) is 19.8 Å². The second-order valence-corrected chi connectivity index (χ2v) is 4.39. The lowest BCUT2D eigenvalue weighted by atomic mass is 10.1. The molecule has 0 radical (unpaired) electrons. The normalized spacial score (nSPS) is 13.3. The molecule has 0 aliphatic rings. The summed E-state index contributed by atoms with van der Waals surface area (Å²) in [7, 11) is 1.23. The van der Waals surface area contributed by atoms with E-state index < -0.39 is 24.0 Å². The van der Waals surface area contributed by atoms with E-state index in [0.717, 1.165) is 0 Å². The van der Waals surface area contributed by atoms with Gasteiger partial charge in [-0.15, -0.1) is 0 Å². The number of esters is 1. The largest absolute Gasteiger partial charge is 0.504 e. The molecular weight excluding hydrogens is 264 g/mol. The van der Waals surface area contributed by atoms with E-state index in [1.165, 1.54) is 26.2 Å². The van der Waals surface area contributed by atoms with Gasteiger partial charge in [-0.3, -0.25) is 4.79 Å². The monoisotopic (exact) mass is 282 g/mol. The third kappa shape index (κ3) is 4.13. The molecular formula is C13H18N2O5. The van der Waals surface area contributed by atoms with Gasteiger partial charge in [0.05, 0.1) is 13.2 Å². The summed E-state index contributed by atoms with van der Waals surface area (Å²) in [6, 6.07) is 2.52. The number of nitrogens with two attached hydrogens (primary N) is 1. The van der Waals surface area contributed by atoms with Crippen LogP contribution in [0.25, 0.3) is 0 Å². The predicted molar refractivity (Wildman–Crippen MR) is 71.1 cm³/mol. The summed E-state index contributed by atoms with van der Waals surface area (Å²) in [4.78, 5) is 22.9. The summed E-state index contributed by atoms with van der Waals surface area (Å²) in [6.07, 6.45) is 0.160. The molecule has 0 heterocycles. The summed E-state index contributed by atoms with van der Waals surface area (Å²) in [6.45, 7) is 1.49. The Kier molecular flexibility index (Phi) is 5.33. The molecule has 0 bridgehead atoms. The SMILES string of the molecule is COC(=O)C(C)NC(=O)[C@@H](N)Cc1ccc(O)c(O)c1. The number of carbonyl (C=O) groups is 2. The van der Waals surface area contributed by atoms with Crippen molar-refractivity contribution in [3.8, 4) is 11.5 Å². The number of aromatic hydroxyl groups is 2. The molecule has 0 aliphatic carbocycles. The maximum atomic E-state index is 11.8. The molecule has 2 atom stereocenters. The number of phenolic OH excluding ortho intramolecular Hbond substituents is 2. The van der Waals surface area contributed by atoms with Crippen LogP contribution in [0.2, 0.25) is 0 Å². The van der Waals surface area contributed by atoms with Gasteiger partial charge in [-0.05, 0) is 31.0 Å². The molecule has 0 saturated heterocycles. The summed E-state index contributed by atoms with van der Waals surface area (Å²) in [5, 5.41) is 21.0. The lowest BCUT2D eigenvalue weighted by Gasteiger charge is -2.16. The van der Waals surface area contributed by atoms with Crippen molar-refractivity contribution >= 4 is 11.9 Å². The molecule has 1 aromatic carbocycles. The number of methoxy groups -OCH3 is 1. The second-order valence-electron chi connectivity index (χ2n) is 4.39. The molecule has 1 rings (SSSR count). The molecule has 0 fully saturated rings. The van der Waals surface area contributed by atoms with Crippen LogP contribution in [0.5, 0.6) is 11.5 Å². The van der Waals surface area contributed by atoms with Crippen molar-refractivity contribution < 1.29 is 24.5 Å². The minimum atomic E-state index is -0.883. The third-order valence-corrected chi connectivity index (χ3v) is 2.75. The van der Waals surface area contributed by atoms with Gasteiger partial charge < -0.3 is 26.0 Å². The predicted octanol–water partition coefficient (Wildman–Crippen LogP) is -0.355. The highest BCUT2D eigenvalue weighted by Gasteiger charge is 2.20. The first-order valence-electron chi connectivity index (χ1n) is 5.99. The van der Waals surface area contributed by atoms with Crippen molar-refractivity contribution in [2.45, 2.75) is 25.4 Å². The molecule has 110 valence electrons. The molecule has 7 heteroatoms. The van der Waals surface area contributed by atoms with Crippen molar-refractivity contribution in [2.75, 3.05) is 7.11 Å². The first kappa shape index (κ1) is 15.8. The number of benzene rings is 1. The third-order valence-electron chi connectivity index (χ3n) is 2.75. The highest BCUT2D eigenvalue weighted by atomic mass is 16.5. The molecule has 0 aliphatic heterocycles. The van der Waals surface area contributed by atoms with Crippen LogP contribution < -0.4 is 11.1 Å². The van der Waals surface area contributed by atoms with E-state index >= 15 is 0 Å². The number of carbonyl (C=O) groups excluding carboxylic acids is 2. The number of hydrogen-bond acceptors (Lipinski definition) is 6. The average molecular weight is 282 g/mol. The molecule has 7 nitrogen and oxygen atoms in total. The Morgan fingerprint density at radius 1 is 1.35 bits per heavy atom. The lowest BCUT2D eigenvalue weighted by molar-refractivity contribution is -0.144. The lowest BCUT2D eigenvalue weighted by Crippen LogP contribution is -2.48. The van der Waals surface area contributed by atoms with Gasteiger partial charge in [0.25, 0.3) is 0 Å². The fraction of sp³-hybridized carbons (Fsp3) is 0.385. The molecule has 0 aromatic heterocycles. The van der Waals surface area contributed by atoms with Gasteiger partial charge >= 0.3 is 5.97 Å². The van der Waals surface area contributed by atoms with Crippen LogP contribution in [0.15, 0.2) is 18.2 Å². The van der Waals surface area contributed by atoms with Crippen LogP contribution in [0.4, 0.5) is 0 Å². The van der Waals surface area contributed by atoms with Crippen molar-refractivity contribution in [3.63, 3.8) is 0 Å². The highest BCUT2D eigenvalue weighted by Crippen LogP contribution is 2.25. The molecule has 5 N–H and O–H groups in total. The van der Waals surface area contributed by atoms with Crippen LogP contribution in [-0.4, -0.2) is 41.3 Å². The summed E-state index contributed by atoms with van der Waals surface area (Å²) in [5.41, 5.74) is 6.31. The Morgan fingerprint density at radius 3 is 2.55 bits per heavy atom. The van der Waals surface area contributed by atoms with Gasteiger partial charge in [-0.2, -0.15) is 0 Å². The van der Waals surface area contributed by atoms with Crippen molar-refractivity contribution in [1.82, 2.24) is 5.32 Å². The standard InChI is InChI=1S/C13H18N2O5/c1-7(13(19)20-2)15-12(18)9(14)5-8-3-4-10(16)11(17)6-8/h3-4,6-7,9,16-17H,5,14H2,1-2H3,(H,15,18)/t7?,9-/m0/s1. The summed E-state index contributed by atoms with van der Waals surface area (Å²) >= 11 is 0. The van der Waals surface area contributed by atoms with Crippen molar-refractivity contribution in [2.24, 2.45) is 5.73 Å². The van der Waals surface area contributed by atoms with Crippen LogP contribution in [-0.2, 0) is 20.7 Å². The Bertz CT molecular complexity index is 504. The van der Waals surface area contributed by atoms with Gasteiger partial charge in [-0.1, -0.05) is 6.07 Å². The highest BCUT2D eigenvalue weighted by molar-refractivity contribution is 5.87. The van der Waals surface area contributed by atoms with E-state index in [1.54, 1.807) is 6.07 Å². The van der Waals surface area contributed by atoms with Crippen molar-refractivity contribution in [1.29, 1.82) is 0 Å². The molecule has 20 heavy (non-hydrogen) atoms. The fourth-order valence-corrected chi connectivity index (χ4v) is 1.60. The van der Waals surface area contributed by atoms with Gasteiger partial charge in [0, 0.05) is 0 Å². The van der Waals surface area contributed by atoms with Crippen molar-refractivity contribution in [3.05, 3.63) is 23.8 Å². The number of amides is 1. The Morgan fingerprint density at radius 2 is 2.00 bits per heavy atom. The minimum absolute atomic E-state index is 0.160. The van der Waals surface area contributed by atoms with Gasteiger partial charge in [0.15, 0.2) is 11.5 Å². The van der Waals surface area contributed by atoms with Crippen LogP contribution >= 0.6 is 0 Å². The number of rotatable bonds is 5. The maximum Gasteiger partial charge on any atom is 0.328 e. The maximum absolute atomic E-state index is 11.8. The van der Waals surface area contributed by atoms with E-state index in [0.29, 0.717) is 5.56 Å². The zero-order chi connectivity index (χ0) is 15.3. The molecule has 1 aromatic rings. The Balaban J connectivity index is 2.61. The molecule has 1 amide bonds. The van der Waals surface area contributed by atoms with Gasteiger partial charge in [-0.25, -0.2) is 4.79 Å². The minimum Gasteiger partial charge on any atom is -0.504 e. The average Bonchev–Trinajstić information content (AvgIpc) is 2.41. The van der Waals surface area contributed by atoms with Crippen LogP contribution in [0.3, 0.4) is 0 Å². The van der Waals surface area contributed by atoms with E-state index in [2.05, 4.69) is 10.1 Å². The van der Waals surface area contributed by atoms with E-state index in [-0.39, 0.29) is 17.9 Å². The van der Waals surface area contributed by atoms with Crippen LogP contribution in [0.1, 0.15) is 12.5 Å². The zero-order valence-electron chi connectivity index (χ0n) is 11.3. The molecule has 0 spiro atoms. The van der Waals surface area contributed by atoms with E-state index in [4.69, 9.17) is 5.73 Å². The number of ether oxygens (including phenoxy) is 1. The number of phenols is 2. The number of nitrogens with one attached hydrogen (secondary N) is 1. The second kappa shape index (κ2) is 6.76. The van der Waals surface area contributed by atoms with E-state index in [1.807, 2.05) is 0 Å². The first-order chi connectivity index (χ1) is 9.35. The number of hydrogen-bond donors (Lipinski definition) is 4. The smallest absolute Gasteiger partial charge is 0.328 e. The summed E-state index contributed by atoms with van der Waals surface area (Å²) in [5.74, 6) is -1.59.